The summed E-state index contributed by atoms with van der Waals surface area (Å²) in [6.45, 7) is 0. The van der Waals surface area contributed by atoms with Crippen LogP contribution in [-0.2, 0) is 9.47 Å². The number of nitrogens with one attached hydrogen (secondary N) is 2. The predicted molar refractivity (Wildman–Crippen MR) is 107 cm³/mol. The summed E-state index contributed by atoms with van der Waals surface area (Å²) in [5, 5.41) is 6.52. The summed E-state index contributed by atoms with van der Waals surface area (Å²) < 4.78 is 14.5. The number of methoxy groups -OCH3 is 3. The summed E-state index contributed by atoms with van der Waals surface area (Å²) in [6, 6.07) is 9.48. The van der Waals surface area contributed by atoms with Gasteiger partial charge >= 0.3 is 11.9 Å². The first-order valence-corrected chi connectivity index (χ1v) is 8.39. The molecular formula is C18H17ClN2O5S. The van der Waals surface area contributed by atoms with Gasteiger partial charge in [0.1, 0.15) is 5.75 Å². The molecule has 2 aromatic rings. The fourth-order valence-corrected chi connectivity index (χ4v) is 2.70. The van der Waals surface area contributed by atoms with Crippen LogP contribution in [0.2, 0.25) is 5.02 Å². The van der Waals surface area contributed by atoms with E-state index >= 15 is 0 Å². The van der Waals surface area contributed by atoms with E-state index in [0.717, 1.165) is 0 Å². The minimum absolute atomic E-state index is 0.179. The van der Waals surface area contributed by atoms with Crippen molar-refractivity contribution in [1.82, 2.24) is 0 Å². The van der Waals surface area contributed by atoms with Gasteiger partial charge < -0.3 is 24.8 Å². The van der Waals surface area contributed by atoms with Crippen molar-refractivity contribution in [2.24, 2.45) is 0 Å². The average Bonchev–Trinajstić information content (AvgIpc) is 2.66. The van der Waals surface area contributed by atoms with Crippen molar-refractivity contribution in [3.63, 3.8) is 0 Å². The van der Waals surface area contributed by atoms with Crippen molar-refractivity contribution >= 4 is 52.2 Å². The summed E-state index contributed by atoms with van der Waals surface area (Å²) in [5.74, 6) is -0.649. The van der Waals surface area contributed by atoms with E-state index in [9.17, 15) is 9.59 Å². The number of carbonyl (C=O) groups is 2. The molecule has 2 rings (SSSR count). The Morgan fingerprint density at radius 1 is 0.889 bits per heavy atom. The number of hydrogen-bond donors (Lipinski definition) is 2. The van der Waals surface area contributed by atoms with E-state index in [1.54, 1.807) is 18.2 Å². The lowest BCUT2D eigenvalue weighted by atomic mass is 10.1. The fraction of sp³-hybridized carbons (Fsp3) is 0.167. The van der Waals surface area contributed by atoms with Crippen LogP contribution < -0.4 is 15.4 Å². The van der Waals surface area contributed by atoms with Crippen molar-refractivity contribution in [3.05, 3.63) is 52.5 Å². The maximum atomic E-state index is 11.8. The smallest absolute Gasteiger partial charge is 0.337 e. The van der Waals surface area contributed by atoms with Gasteiger partial charge in [-0.1, -0.05) is 11.6 Å². The number of esters is 2. The second kappa shape index (κ2) is 9.20. The fourth-order valence-electron chi connectivity index (χ4n) is 2.21. The van der Waals surface area contributed by atoms with E-state index in [-0.39, 0.29) is 16.2 Å². The van der Waals surface area contributed by atoms with Gasteiger partial charge in [0.05, 0.1) is 37.5 Å². The molecule has 0 amide bonds. The second-order valence-electron chi connectivity index (χ2n) is 5.21. The summed E-state index contributed by atoms with van der Waals surface area (Å²) in [6.07, 6.45) is 0. The van der Waals surface area contributed by atoms with Crippen LogP contribution >= 0.6 is 23.8 Å². The first-order valence-electron chi connectivity index (χ1n) is 7.61. The third-order valence-electron chi connectivity index (χ3n) is 3.44. The molecule has 0 saturated carbocycles. The van der Waals surface area contributed by atoms with Gasteiger partial charge in [0.2, 0.25) is 0 Å². The largest absolute Gasteiger partial charge is 0.495 e. The van der Waals surface area contributed by atoms with Crippen molar-refractivity contribution in [1.29, 1.82) is 0 Å². The molecule has 0 unspecified atom stereocenters. The quantitative estimate of drug-likeness (QED) is 0.571. The minimum Gasteiger partial charge on any atom is -0.495 e. The Morgan fingerprint density at radius 2 is 1.44 bits per heavy atom. The van der Waals surface area contributed by atoms with Crippen molar-refractivity contribution in [3.8, 4) is 5.75 Å². The van der Waals surface area contributed by atoms with Crippen LogP contribution in [0.5, 0.6) is 5.75 Å². The molecule has 2 N–H and O–H groups in total. The maximum absolute atomic E-state index is 11.8. The van der Waals surface area contributed by atoms with Gasteiger partial charge in [0.15, 0.2) is 5.11 Å². The first kappa shape index (κ1) is 20.5. The monoisotopic (exact) mass is 408 g/mol. The molecule has 0 heterocycles. The highest BCUT2D eigenvalue weighted by Crippen LogP contribution is 2.27. The number of anilines is 2. The van der Waals surface area contributed by atoms with Gasteiger partial charge in [-0.25, -0.2) is 9.59 Å². The Balaban J connectivity index is 2.22. The standard InChI is InChI=1S/C18H17ClN2O5S/c1-24-15-5-4-12(9-14(15)19)20-18(27)21-13-7-10(16(22)25-2)6-11(8-13)17(23)26-3/h4-9H,1-3H3,(H2,20,21,27). The predicted octanol–water partition coefficient (Wildman–Crippen LogP) is 3.73. The van der Waals surface area contributed by atoms with Crippen LogP contribution in [0.25, 0.3) is 0 Å². The van der Waals surface area contributed by atoms with E-state index < -0.39 is 11.9 Å². The molecular weight excluding hydrogens is 392 g/mol. The lowest BCUT2D eigenvalue weighted by Gasteiger charge is -2.13. The van der Waals surface area contributed by atoms with E-state index in [0.29, 0.717) is 22.1 Å². The minimum atomic E-state index is -0.593. The molecule has 0 fully saturated rings. The number of thiocarbonyl (C=S) groups is 1. The van der Waals surface area contributed by atoms with Crippen molar-refractivity contribution < 1.29 is 23.8 Å². The zero-order valence-electron chi connectivity index (χ0n) is 14.8. The average molecular weight is 409 g/mol. The summed E-state index contributed by atoms with van der Waals surface area (Å²) in [4.78, 5) is 23.7. The molecule has 0 radical (unpaired) electrons. The highest BCUT2D eigenvalue weighted by molar-refractivity contribution is 7.80. The third-order valence-corrected chi connectivity index (χ3v) is 3.94. The Kier molecular flexibility index (Phi) is 6.98. The first-order chi connectivity index (χ1) is 12.9. The molecule has 7 nitrogen and oxygen atoms in total. The van der Waals surface area contributed by atoms with Crippen LogP contribution in [0.3, 0.4) is 0 Å². The molecule has 27 heavy (non-hydrogen) atoms. The topological polar surface area (TPSA) is 85.9 Å². The molecule has 0 bridgehead atoms. The number of rotatable bonds is 5. The molecule has 0 aliphatic heterocycles. The van der Waals surface area contributed by atoms with Gasteiger partial charge in [0, 0.05) is 11.4 Å². The Labute approximate surface area is 166 Å². The van der Waals surface area contributed by atoms with Crippen LogP contribution in [0.4, 0.5) is 11.4 Å². The van der Waals surface area contributed by atoms with Crippen LogP contribution in [0.1, 0.15) is 20.7 Å². The normalized spacial score (nSPS) is 9.93. The number of carbonyl (C=O) groups excluding carboxylic acids is 2. The van der Waals surface area contributed by atoms with E-state index in [1.807, 2.05) is 0 Å². The van der Waals surface area contributed by atoms with Gasteiger partial charge in [-0.15, -0.1) is 0 Å². The van der Waals surface area contributed by atoms with E-state index in [4.69, 9.17) is 38.0 Å². The van der Waals surface area contributed by atoms with E-state index in [2.05, 4.69) is 10.6 Å². The summed E-state index contributed by atoms with van der Waals surface area (Å²) >= 11 is 11.4. The number of hydrogen-bond acceptors (Lipinski definition) is 6. The van der Waals surface area contributed by atoms with Gasteiger partial charge in [-0.3, -0.25) is 0 Å². The molecule has 0 atom stereocenters. The molecule has 0 saturated heterocycles. The summed E-state index contributed by atoms with van der Waals surface area (Å²) in [7, 11) is 4.02. The molecule has 0 aliphatic carbocycles. The van der Waals surface area contributed by atoms with Crippen molar-refractivity contribution in [2.75, 3.05) is 32.0 Å². The lowest BCUT2D eigenvalue weighted by molar-refractivity contribution is 0.0599. The molecule has 0 spiro atoms. The molecule has 0 aliphatic rings. The Bertz CT molecular complexity index is 854. The van der Waals surface area contributed by atoms with Crippen LogP contribution in [0, 0.1) is 0 Å². The van der Waals surface area contributed by atoms with Crippen LogP contribution in [0.15, 0.2) is 36.4 Å². The number of ether oxygens (including phenoxy) is 3. The molecule has 142 valence electrons. The van der Waals surface area contributed by atoms with E-state index in [1.165, 1.54) is 39.5 Å². The zero-order chi connectivity index (χ0) is 20.0. The molecule has 0 aromatic heterocycles. The van der Waals surface area contributed by atoms with Crippen molar-refractivity contribution in [2.45, 2.75) is 0 Å². The van der Waals surface area contributed by atoms with Gasteiger partial charge in [-0.05, 0) is 48.6 Å². The van der Waals surface area contributed by atoms with Gasteiger partial charge in [-0.2, -0.15) is 0 Å². The Morgan fingerprint density at radius 3 is 1.93 bits per heavy atom. The zero-order valence-corrected chi connectivity index (χ0v) is 16.4. The third kappa shape index (κ3) is 5.32. The molecule has 2 aromatic carbocycles. The second-order valence-corrected chi connectivity index (χ2v) is 6.03. The van der Waals surface area contributed by atoms with Crippen LogP contribution in [-0.4, -0.2) is 38.4 Å². The highest BCUT2D eigenvalue weighted by Gasteiger charge is 2.14. The van der Waals surface area contributed by atoms with Gasteiger partial charge in [0.25, 0.3) is 0 Å². The number of benzene rings is 2. The summed E-state index contributed by atoms with van der Waals surface area (Å²) in [5.41, 5.74) is 1.41. The molecule has 9 heteroatoms. The maximum Gasteiger partial charge on any atom is 0.337 e. The highest BCUT2D eigenvalue weighted by atomic mass is 35.5. The number of halogens is 1. The lowest BCUT2D eigenvalue weighted by Crippen LogP contribution is -2.20. The Hall–Kier alpha value is -2.84. The SMILES string of the molecule is COC(=O)c1cc(NC(=S)Nc2ccc(OC)c(Cl)c2)cc(C(=O)OC)c1.